The van der Waals surface area contributed by atoms with Gasteiger partial charge in [-0.3, -0.25) is 4.68 Å². The van der Waals surface area contributed by atoms with Gasteiger partial charge in [0.05, 0.1) is 12.8 Å². The zero-order chi connectivity index (χ0) is 14.5. The van der Waals surface area contributed by atoms with Gasteiger partial charge in [-0.2, -0.15) is 0 Å². The molecule has 0 spiro atoms. The van der Waals surface area contributed by atoms with Crippen molar-refractivity contribution in [2.45, 2.75) is 13.5 Å². The first-order valence-electron chi connectivity index (χ1n) is 6.21. The molecule has 0 aliphatic carbocycles. The van der Waals surface area contributed by atoms with E-state index in [4.69, 9.17) is 14.6 Å². The minimum Gasteiger partial charge on any atom is -0.497 e. The average Bonchev–Trinajstić information content (AvgIpc) is 2.88. The van der Waals surface area contributed by atoms with Crippen LogP contribution in [0.1, 0.15) is 6.92 Å². The Morgan fingerprint density at radius 1 is 1.35 bits per heavy atom. The number of carbonyl (C=O) groups is 1. The molecule has 6 heteroatoms. The number of ether oxygens (including phenoxy) is 2. The fraction of sp³-hybridized carbons (Fsp3) is 0.286. The van der Waals surface area contributed by atoms with Gasteiger partial charge in [0.2, 0.25) is 5.88 Å². The fourth-order valence-corrected chi connectivity index (χ4v) is 1.83. The molecule has 2 aromatic rings. The van der Waals surface area contributed by atoms with Crippen molar-refractivity contribution in [3.8, 4) is 22.9 Å². The molecule has 1 N–H and O–H groups in total. The molecule has 1 heterocycles. The molecule has 0 aliphatic rings. The van der Waals surface area contributed by atoms with E-state index in [1.54, 1.807) is 17.9 Å². The third-order valence-corrected chi connectivity index (χ3v) is 2.79. The predicted octanol–water partition coefficient (Wildman–Crippen LogP) is 2.04. The second kappa shape index (κ2) is 6.10. The van der Waals surface area contributed by atoms with Crippen LogP contribution < -0.4 is 9.47 Å². The lowest BCUT2D eigenvalue weighted by Crippen LogP contribution is -2.10. The highest BCUT2D eigenvalue weighted by atomic mass is 16.5. The minimum atomic E-state index is -1.03. The zero-order valence-corrected chi connectivity index (χ0v) is 11.4. The van der Waals surface area contributed by atoms with Crippen LogP contribution in [0.15, 0.2) is 30.3 Å². The van der Waals surface area contributed by atoms with E-state index in [1.807, 2.05) is 31.2 Å². The van der Waals surface area contributed by atoms with Crippen molar-refractivity contribution in [1.29, 1.82) is 0 Å². The monoisotopic (exact) mass is 276 g/mol. The van der Waals surface area contributed by atoms with Crippen LogP contribution in [-0.2, 0) is 11.3 Å². The van der Waals surface area contributed by atoms with E-state index < -0.39 is 12.6 Å². The Labute approximate surface area is 116 Å². The number of aryl methyl sites for hydroxylation is 1. The summed E-state index contributed by atoms with van der Waals surface area (Å²) in [6.07, 6.45) is 0. The van der Waals surface area contributed by atoms with Crippen LogP contribution in [0.2, 0.25) is 0 Å². The first-order valence-corrected chi connectivity index (χ1v) is 6.21. The summed E-state index contributed by atoms with van der Waals surface area (Å²) >= 11 is 0. The van der Waals surface area contributed by atoms with E-state index >= 15 is 0 Å². The van der Waals surface area contributed by atoms with Crippen molar-refractivity contribution in [2.75, 3.05) is 13.7 Å². The topological polar surface area (TPSA) is 73.6 Å². The van der Waals surface area contributed by atoms with Crippen molar-refractivity contribution in [2.24, 2.45) is 0 Å². The van der Waals surface area contributed by atoms with Gasteiger partial charge in [0.15, 0.2) is 6.61 Å². The summed E-state index contributed by atoms with van der Waals surface area (Å²) in [4.78, 5) is 10.5. The SMILES string of the molecule is CCn1nc(OCC(=O)O)cc1-c1ccc(OC)cc1. The molecule has 0 radical (unpaired) electrons. The largest absolute Gasteiger partial charge is 0.497 e. The van der Waals surface area contributed by atoms with Crippen LogP contribution in [0.4, 0.5) is 0 Å². The molecule has 1 aromatic heterocycles. The normalized spacial score (nSPS) is 10.3. The highest BCUT2D eigenvalue weighted by Gasteiger charge is 2.11. The summed E-state index contributed by atoms with van der Waals surface area (Å²) in [5.74, 6) is 0.0563. The maximum Gasteiger partial charge on any atom is 0.341 e. The van der Waals surface area contributed by atoms with Gasteiger partial charge in [-0.05, 0) is 31.2 Å². The molecule has 0 bridgehead atoms. The lowest BCUT2D eigenvalue weighted by Gasteiger charge is -2.05. The van der Waals surface area contributed by atoms with Crippen molar-refractivity contribution in [3.63, 3.8) is 0 Å². The molecule has 0 unspecified atom stereocenters. The van der Waals surface area contributed by atoms with Gasteiger partial charge in [-0.1, -0.05) is 0 Å². The predicted molar refractivity (Wildman–Crippen MR) is 73.0 cm³/mol. The number of hydrogen-bond acceptors (Lipinski definition) is 4. The molecule has 0 saturated carbocycles. The molecule has 6 nitrogen and oxygen atoms in total. The Bertz CT molecular complexity index is 590. The minimum absolute atomic E-state index is 0.306. The van der Waals surface area contributed by atoms with Crippen LogP contribution >= 0.6 is 0 Å². The second-order valence-corrected chi connectivity index (χ2v) is 4.09. The van der Waals surface area contributed by atoms with Crippen LogP contribution in [0.25, 0.3) is 11.3 Å². The van der Waals surface area contributed by atoms with Gasteiger partial charge in [-0.25, -0.2) is 4.79 Å². The van der Waals surface area contributed by atoms with E-state index in [2.05, 4.69) is 5.10 Å². The number of carboxylic acids is 1. The molecule has 0 aliphatic heterocycles. The van der Waals surface area contributed by atoms with Gasteiger partial charge in [0.25, 0.3) is 0 Å². The quantitative estimate of drug-likeness (QED) is 0.874. The zero-order valence-electron chi connectivity index (χ0n) is 11.4. The van der Waals surface area contributed by atoms with Gasteiger partial charge in [0.1, 0.15) is 5.75 Å². The fourth-order valence-electron chi connectivity index (χ4n) is 1.83. The second-order valence-electron chi connectivity index (χ2n) is 4.09. The molecule has 0 saturated heterocycles. The molecular weight excluding hydrogens is 260 g/mol. The Morgan fingerprint density at radius 2 is 2.05 bits per heavy atom. The first kappa shape index (κ1) is 13.9. The Morgan fingerprint density at radius 3 is 2.60 bits per heavy atom. The number of carboxylic acid groups (broad SMARTS) is 1. The van der Waals surface area contributed by atoms with Crippen molar-refractivity contribution < 1.29 is 19.4 Å². The first-order chi connectivity index (χ1) is 9.63. The maximum atomic E-state index is 10.5. The van der Waals surface area contributed by atoms with E-state index in [0.717, 1.165) is 17.0 Å². The number of rotatable bonds is 6. The maximum absolute atomic E-state index is 10.5. The van der Waals surface area contributed by atoms with Crippen LogP contribution in [-0.4, -0.2) is 34.6 Å². The third kappa shape index (κ3) is 3.09. The van der Waals surface area contributed by atoms with Crippen LogP contribution in [0.3, 0.4) is 0 Å². The Hall–Kier alpha value is -2.50. The summed E-state index contributed by atoms with van der Waals surface area (Å²) < 4.78 is 12.0. The van der Waals surface area contributed by atoms with Crippen molar-refractivity contribution in [3.05, 3.63) is 30.3 Å². The number of aliphatic carboxylic acids is 1. The molecule has 0 fully saturated rings. The van der Waals surface area contributed by atoms with Crippen LogP contribution in [0.5, 0.6) is 11.6 Å². The third-order valence-electron chi connectivity index (χ3n) is 2.79. The van der Waals surface area contributed by atoms with E-state index in [1.165, 1.54) is 0 Å². The number of nitrogens with zero attached hydrogens (tertiary/aromatic N) is 2. The highest BCUT2D eigenvalue weighted by molar-refractivity contribution is 5.68. The Balaban J connectivity index is 2.27. The molecule has 0 amide bonds. The van der Waals surface area contributed by atoms with Gasteiger partial charge in [0, 0.05) is 18.2 Å². The van der Waals surface area contributed by atoms with Crippen molar-refractivity contribution in [1.82, 2.24) is 9.78 Å². The smallest absolute Gasteiger partial charge is 0.341 e. The van der Waals surface area contributed by atoms with Crippen molar-refractivity contribution >= 4 is 5.97 Å². The van der Waals surface area contributed by atoms with Gasteiger partial charge >= 0.3 is 5.97 Å². The average molecular weight is 276 g/mol. The number of aromatic nitrogens is 2. The summed E-state index contributed by atoms with van der Waals surface area (Å²) in [5.41, 5.74) is 1.83. The number of benzene rings is 1. The summed E-state index contributed by atoms with van der Waals surface area (Å²) in [6.45, 7) is 2.22. The van der Waals surface area contributed by atoms with E-state index in [9.17, 15) is 4.79 Å². The van der Waals surface area contributed by atoms with Gasteiger partial charge < -0.3 is 14.6 Å². The molecule has 106 valence electrons. The highest BCUT2D eigenvalue weighted by Crippen LogP contribution is 2.25. The van der Waals surface area contributed by atoms with E-state index in [-0.39, 0.29) is 0 Å². The summed E-state index contributed by atoms with van der Waals surface area (Å²) in [6, 6.07) is 9.29. The molecular formula is C14H16N2O4. The van der Waals surface area contributed by atoms with Crippen LogP contribution in [0, 0.1) is 0 Å². The van der Waals surface area contributed by atoms with E-state index in [0.29, 0.717) is 12.4 Å². The molecule has 0 atom stereocenters. The molecule has 2 rings (SSSR count). The Kier molecular flexibility index (Phi) is 4.24. The number of methoxy groups -OCH3 is 1. The summed E-state index contributed by atoms with van der Waals surface area (Å²) in [7, 11) is 1.61. The lowest BCUT2D eigenvalue weighted by atomic mass is 10.1. The lowest BCUT2D eigenvalue weighted by molar-refractivity contribution is -0.139. The molecule has 1 aromatic carbocycles. The standard InChI is InChI=1S/C14H16N2O4/c1-3-16-12(8-13(15-16)20-9-14(17)18)10-4-6-11(19-2)7-5-10/h4-8H,3,9H2,1-2H3,(H,17,18). The molecule has 20 heavy (non-hydrogen) atoms. The van der Waals surface area contributed by atoms with Gasteiger partial charge in [-0.15, -0.1) is 5.10 Å². The summed E-state index contributed by atoms with van der Waals surface area (Å²) in [5, 5.41) is 12.8. The number of hydrogen-bond donors (Lipinski definition) is 1.